The second-order valence-electron chi connectivity index (χ2n) is 7.46. The van der Waals surface area contributed by atoms with Crippen LogP contribution in [0, 0.1) is 0 Å². The van der Waals surface area contributed by atoms with Gasteiger partial charge in [-0.25, -0.2) is 0 Å². The van der Waals surface area contributed by atoms with Crippen molar-refractivity contribution in [2.75, 3.05) is 26.7 Å². The van der Waals surface area contributed by atoms with E-state index in [0.717, 1.165) is 31.5 Å². The van der Waals surface area contributed by atoms with E-state index < -0.39 is 0 Å². The predicted molar refractivity (Wildman–Crippen MR) is 81.5 cm³/mol. The Balaban J connectivity index is 1.38. The average molecular weight is 296 g/mol. The Kier molecular flexibility index (Phi) is 5.17. The summed E-state index contributed by atoms with van der Waals surface area (Å²) in [5.74, 6) is 0.0516. The van der Waals surface area contributed by atoms with Crippen molar-refractivity contribution in [1.29, 1.82) is 0 Å². The summed E-state index contributed by atoms with van der Waals surface area (Å²) in [5, 5.41) is 0. The fourth-order valence-electron chi connectivity index (χ4n) is 4.63. The van der Waals surface area contributed by atoms with Crippen LogP contribution in [0.15, 0.2) is 0 Å². The van der Waals surface area contributed by atoms with Crippen LogP contribution in [-0.2, 0) is 9.53 Å². The summed E-state index contributed by atoms with van der Waals surface area (Å²) in [7, 11) is 2.31. The number of carbonyl (C=O) groups is 1. The zero-order valence-corrected chi connectivity index (χ0v) is 13.5. The summed E-state index contributed by atoms with van der Waals surface area (Å²) in [6.45, 7) is 3.47. The number of nitrogens with one attached hydrogen (secondary N) is 2. The lowest BCUT2D eigenvalue weighted by molar-refractivity contribution is -0.923. The summed E-state index contributed by atoms with van der Waals surface area (Å²) in [5.41, 5.74) is 0. The van der Waals surface area contributed by atoms with Crippen LogP contribution in [0.2, 0.25) is 0 Å². The Morgan fingerprint density at radius 2 is 1.67 bits per heavy atom. The molecule has 21 heavy (non-hydrogen) atoms. The molecule has 0 aromatic rings. The second kappa shape index (κ2) is 7.10. The third-order valence-electron chi connectivity index (χ3n) is 6.04. The van der Waals surface area contributed by atoms with Crippen LogP contribution < -0.4 is 9.80 Å². The first-order valence-electron chi connectivity index (χ1n) is 9.09. The van der Waals surface area contributed by atoms with Gasteiger partial charge in [-0.1, -0.05) is 0 Å². The molecule has 2 N–H and O–H groups in total. The third kappa shape index (κ3) is 3.98. The molecule has 0 amide bonds. The number of hydrogen-bond donors (Lipinski definition) is 2. The third-order valence-corrected chi connectivity index (χ3v) is 6.04. The molecule has 120 valence electrons. The van der Waals surface area contributed by atoms with Crippen molar-refractivity contribution in [2.45, 2.75) is 76.0 Å². The summed E-state index contributed by atoms with van der Waals surface area (Å²) in [6.07, 6.45) is 11.0. The lowest BCUT2D eigenvalue weighted by Gasteiger charge is -2.33. The predicted octanol–water partition coefficient (Wildman–Crippen LogP) is -0.413. The molecule has 0 aromatic carbocycles. The zero-order chi connectivity index (χ0) is 14.7. The van der Waals surface area contributed by atoms with Gasteiger partial charge in [0.05, 0.1) is 45.2 Å². The van der Waals surface area contributed by atoms with Gasteiger partial charge in [0.1, 0.15) is 6.10 Å². The Bertz CT molecular complexity index is 339. The largest absolute Gasteiger partial charge is 0.462 e. The van der Waals surface area contributed by atoms with Crippen molar-refractivity contribution in [2.24, 2.45) is 0 Å². The zero-order valence-electron chi connectivity index (χ0n) is 13.5. The van der Waals surface area contributed by atoms with Crippen molar-refractivity contribution >= 4 is 5.97 Å². The van der Waals surface area contributed by atoms with Gasteiger partial charge < -0.3 is 14.5 Å². The molecule has 3 aliphatic heterocycles. The van der Waals surface area contributed by atoms with Gasteiger partial charge in [0.2, 0.25) is 0 Å². The molecule has 0 aromatic heterocycles. The highest BCUT2D eigenvalue weighted by Gasteiger charge is 2.43. The smallest absolute Gasteiger partial charge is 0.311 e. The number of esters is 1. The lowest BCUT2D eigenvalue weighted by Crippen LogP contribution is -3.15. The fourth-order valence-corrected chi connectivity index (χ4v) is 4.63. The molecule has 3 fully saturated rings. The molecule has 2 unspecified atom stereocenters. The minimum atomic E-state index is 0.0516. The van der Waals surface area contributed by atoms with Gasteiger partial charge in [0, 0.05) is 25.7 Å². The molecular formula is C17H32N2O2+2. The number of hydrogen-bond acceptors (Lipinski definition) is 2. The highest BCUT2D eigenvalue weighted by molar-refractivity contribution is 5.69. The standard InChI is InChI=1S/C17H30N2O2/c1-18-14-6-7-15(18)13-16(12-14)21-17(20)8-11-19-9-4-2-3-5-10-19/h14-16H,2-13H2,1H3/p+2/t14-,15+,16?. The van der Waals surface area contributed by atoms with E-state index in [-0.39, 0.29) is 12.1 Å². The summed E-state index contributed by atoms with van der Waals surface area (Å²) in [4.78, 5) is 15.4. The Labute approximate surface area is 128 Å². The summed E-state index contributed by atoms with van der Waals surface area (Å²) in [6, 6.07) is 1.47. The van der Waals surface area contributed by atoms with E-state index >= 15 is 0 Å². The highest BCUT2D eigenvalue weighted by atomic mass is 16.5. The van der Waals surface area contributed by atoms with Crippen molar-refractivity contribution in [1.82, 2.24) is 0 Å². The van der Waals surface area contributed by atoms with Crippen LogP contribution in [0.25, 0.3) is 0 Å². The molecule has 4 atom stereocenters. The van der Waals surface area contributed by atoms with Crippen LogP contribution >= 0.6 is 0 Å². The molecule has 4 heteroatoms. The Morgan fingerprint density at radius 3 is 2.29 bits per heavy atom. The first-order valence-corrected chi connectivity index (χ1v) is 9.09. The van der Waals surface area contributed by atoms with E-state index in [9.17, 15) is 4.79 Å². The van der Waals surface area contributed by atoms with Crippen LogP contribution in [0.4, 0.5) is 0 Å². The van der Waals surface area contributed by atoms with E-state index in [1.165, 1.54) is 51.6 Å². The van der Waals surface area contributed by atoms with Crippen LogP contribution in [0.1, 0.15) is 57.8 Å². The van der Waals surface area contributed by atoms with Gasteiger partial charge in [-0.05, 0) is 25.7 Å². The number of piperidine rings is 1. The number of ether oxygens (including phenoxy) is 1. The number of likely N-dealkylation sites (tertiary alicyclic amines) is 1. The van der Waals surface area contributed by atoms with E-state index in [0.29, 0.717) is 6.42 Å². The second-order valence-corrected chi connectivity index (χ2v) is 7.46. The molecule has 3 saturated heterocycles. The summed E-state index contributed by atoms with van der Waals surface area (Å²) >= 11 is 0. The van der Waals surface area contributed by atoms with Crippen LogP contribution in [-0.4, -0.2) is 50.8 Å². The minimum absolute atomic E-state index is 0.0516. The SMILES string of the molecule is C[NH+]1[C@@H]2CC[C@H]1CC(OC(=O)CC[NH+]1CCCCCC1)C2. The lowest BCUT2D eigenvalue weighted by atomic mass is 10.0. The van der Waals surface area contributed by atoms with E-state index in [1.54, 1.807) is 9.80 Å². The quantitative estimate of drug-likeness (QED) is 0.692. The fraction of sp³-hybridized carbons (Fsp3) is 0.941. The maximum absolute atomic E-state index is 12.1. The number of rotatable bonds is 4. The maximum Gasteiger partial charge on any atom is 0.311 e. The van der Waals surface area contributed by atoms with Crippen molar-refractivity contribution in [3.05, 3.63) is 0 Å². The molecule has 0 spiro atoms. The molecule has 0 radical (unpaired) electrons. The minimum Gasteiger partial charge on any atom is -0.462 e. The van der Waals surface area contributed by atoms with E-state index in [2.05, 4.69) is 7.05 Å². The van der Waals surface area contributed by atoms with E-state index in [1.807, 2.05) is 0 Å². The van der Waals surface area contributed by atoms with Gasteiger partial charge in [0.25, 0.3) is 0 Å². The number of fused-ring (bicyclic) bond motifs is 2. The molecule has 0 saturated carbocycles. The molecule has 0 aliphatic carbocycles. The van der Waals surface area contributed by atoms with Crippen LogP contribution in [0.5, 0.6) is 0 Å². The molecule has 2 bridgehead atoms. The van der Waals surface area contributed by atoms with Crippen molar-refractivity contribution in [3.8, 4) is 0 Å². The molecule has 3 aliphatic rings. The average Bonchev–Trinajstić information content (AvgIpc) is 2.72. The van der Waals surface area contributed by atoms with Crippen LogP contribution in [0.3, 0.4) is 0 Å². The van der Waals surface area contributed by atoms with Gasteiger partial charge in [-0.2, -0.15) is 0 Å². The molecular weight excluding hydrogens is 264 g/mol. The Morgan fingerprint density at radius 1 is 1.05 bits per heavy atom. The maximum atomic E-state index is 12.1. The first-order chi connectivity index (χ1) is 10.2. The number of quaternary nitrogens is 2. The van der Waals surface area contributed by atoms with E-state index in [4.69, 9.17) is 4.74 Å². The van der Waals surface area contributed by atoms with Crippen molar-refractivity contribution in [3.63, 3.8) is 0 Å². The first kappa shape index (κ1) is 15.3. The van der Waals surface area contributed by atoms with Gasteiger partial charge in [0.15, 0.2) is 0 Å². The summed E-state index contributed by atoms with van der Waals surface area (Å²) < 4.78 is 5.78. The molecule has 4 nitrogen and oxygen atoms in total. The van der Waals surface area contributed by atoms with Crippen molar-refractivity contribution < 1.29 is 19.3 Å². The van der Waals surface area contributed by atoms with Gasteiger partial charge >= 0.3 is 5.97 Å². The Hall–Kier alpha value is -0.610. The van der Waals surface area contributed by atoms with Gasteiger partial charge in [-0.15, -0.1) is 0 Å². The normalized spacial score (nSPS) is 37.2. The molecule has 3 heterocycles. The topological polar surface area (TPSA) is 35.2 Å². The highest BCUT2D eigenvalue weighted by Crippen LogP contribution is 2.24. The molecule has 3 rings (SSSR count). The van der Waals surface area contributed by atoms with Gasteiger partial charge in [-0.3, -0.25) is 4.79 Å². The monoisotopic (exact) mass is 296 g/mol. The number of carbonyl (C=O) groups excluding carboxylic acids is 1.